The Hall–Kier alpha value is -3.85. The van der Waals surface area contributed by atoms with Gasteiger partial charge in [-0.15, -0.1) is 0 Å². The number of rotatable bonds is 6. The number of aliphatic imine (C=N–C) groups is 1. The lowest BCUT2D eigenvalue weighted by atomic mass is 9.97. The lowest BCUT2D eigenvalue weighted by Gasteiger charge is -2.31. The molecule has 190 valence electrons. The number of benzene rings is 2. The van der Waals surface area contributed by atoms with Crippen molar-refractivity contribution < 1.29 is 14.3 Å². The van der Waals surface area contributed by atoms with Crippen LogP contribution in [-0.2, 0) is 9.59 Å². The number of thioether (sulfide) groups is 1. The number of hydrogen-bond acceptors (Lipinski definition) is 6. The third kappa shape index (κ3) is 5.32. The molecule has 2 aliphatic heterocycles. The minimum Gasteiger partial charge on any atom is -0.494 e. The lowest BCUT2D eigenvalue weighted by molar-refractivity contribution is -0.123. The van der Waals surface area contributed by atoms with Crippen LogP contribution in [0.1, 0.15) is 30.9 Å². The van der Waals surface area contributed by atoms with E-state index in [1.807, 2.05) is 79.3 Å². The average molecular weight is 516 g/mol. The van der Waals surface area contributed by atoms with E-state index in [1.54, 1.807) is 0 Å². The summed E-state index contributed by atoms with van der Waals surface area (Å²) in [5.41, 5.74) is 10.00. The first-order chi connectivity index (χ1) is 17.9. The van der Waals surface area contributed by atoms with Gasteiger partial charge in [0.15, 0.2) is 5.17 Å². The molecule has 2 aromatic carbocycles. The number of primary amides is 1. The quantitative estimate of drug-likeness (QED) is 0.488. The molecule has 37 heavy (non-hydrogen) atoms. The van der Waals surface area contributed by atoms with Gasteiger partial charge >= 0.3 is 0 Å². The summed E-state index contributed by atoms with van der Waals surface area (Å²) in [6, 6.07) is 15.8. The summed E-state index contributed by atoms with van der Waals surface area (Å²) in [7, 11) is 0. The molecule has 0 spiro atoms. The molecule has 3 heterocycles. The van der Waals surface area contributed by atoms with Crippen LogP contribution in [0.4, 0.5) is 0 Å². The number of nitrogens with two attached hydrogens (primary N) is 1. The lowest BCUT2D eigenvalue weighted by Crippen LogP contribution is -2.40. The second-order valence-electron chi connectivity index (χ2n) is 9.10. The van der Waals surface area contributed by atoms with Gasteiger partial charge in [0.1, 0.15) is 11.4 Å². The maximum Gasteiger partial charge on any atom is 0.286 e. The summed E-state index contributed by atoms with van der Waals surface area (Å²) in [5.74, 6) is 0.173. The number of para-hydroxylation sites is 1. The molecule has 0 atom stereocenters. The minimum atomic E-state index is -0.265. The van der Waals surface area contributed by atoms with Gasteiger partial charge in [-0.1, -0.05) is 18.2 Å². The molecule has 2 aliphatic rings. The number of carbonyl (C=O) groups is 2. The summed E-state index contributed by atoms with van der Waals surface area (Å²) < 4.78 is 7.49. The zero-order valence-electron chi connectivity index (χ0n) is 20.9. The number of likely N-dealkylation sites (tertiary alicyclic amines) is 1. The van der Waals surface area contributed by atoms with Crippen LogP contribution in [0.3, 0.4) is 0 Å². The second-order valence-corrected chi connectivity index (χ2v) is 10.1. The van der Waals surface area contributed by atoms with E-state index in [9.17, 15) is 9.59 Å². The number of piperidine rings is 1. The number of nitrogens with zero attached hydrogens (tertiary/aromatic N) is 4. The number of amides is 2. The van der Waals surface area contributed by atoms with Crippen LogP contribution in [0.2, 0.25) is 0 Å². The highest BCUT2D eigenvalue weighted by atomic mass is 32.2. The molecule has 2 N–H and O–H groups in total. The van der Waals surface area contributed by atoms with Gasteiger partial charge in [0.05, 0.1) is 17.2 Å². The fourth-order valence-corrected chi connectivity index (χ4v) is 5.56. The molecular formula is C28H29N5O3S. The average Bonchev–Trinajstić information content (AvgIpc) is 3.49. The molecule has 1 aromatic heterocycles. The van der Waals surface area contributed by atoms with Gasteiger partial charge in [0, 0.05) is 36.3 Å². The Labute approximate surface area is 220 Å². The Morgan fingerprint density at radius 2 is 1.95 bits per heavy atom. The normalized spacial score (nSPS) is 17.4. The van der Waals surface area contributed by atoms with Crippen molar-refractivity contribution in [2.45, 2.75) is 26.7 Å². The molecule has 8 nitrogen and oxygen atoms in total. The van der Waals surface area contributed by atoms with Crippen LogP contribution in [0.25, 0.3) is 23.0 Å². The molecule has 0 aliphatic carbocycles. The van der Waals surface area contributed by atoms with Gasteiger partial charge < -0.3 is 15.4 Å². The molecule has 3 aromatic rings. The van der Waals surface area contributed by atoms with Gasteiger partial charge in [-0.2, -0.15) is 10.1 Å². The van der Waals surface area contributed by atoms with Crippen LogP contribution in [0, 0.1) is 12.8 Å². The first-order valence-corrected chi connectivity index (χ1v) is 13.2. The summed E-state index contributed by atoms with van der Waals surface area (Å²) >= 11 is 1.37. The molecule has 9 heteroatoms. The van der Waals surface area contributed by atoms with Crippen LogP contribution in [-0.4, -0.2) is 51.4 Å². The van der Waals surface area contributed by atoms with Crippen LogP contribution in [0.15, 0.2) is 64.6 Å². The van der Waals surface area contributed by atoms with Crippen molar-refractivity contribution in [1.29, 1.82) is 0 Å². The van der Waals surface area contributed by atoms with Gasteiger partial charge in [0.25, 0.3) is 5.91 Å². The monoisotopic (exact) mass is 515 g/mol. The van der Waals surface area contributed by atoms with E-state index in [0.29, 0.717) is 42.6 Å². The van der Waals surface area contributed by atoms with Crippen molar-refractivity contribution >= 4 is 34.8 Å². The zero-order valence-corrected chi connectivity index (χ0v) is 21.7. The second kappa shape index (κ2) is 10.6. The minimum absolute atomic E-state index is 0.113. The SMILES string of the molecule is CCOc1ccc(-c2nn(-c3ccccc3)cc2C=C2SC(N3CCC(C(N)=O)CC3)=NC2=O)c(C)c1. The third-order valence-electron chi connectivity index (χ3n) is 6.59. The number of ether oxygens (including phenoxy) is 1. The highest BCUT2D eigenvalue weighted by Gasteiger charge is 2.31. The molecule has 1 saturated heterocycles. The van der Waals surface area contributed by atoms with Gasteiger partial charge in [0.2, 0.25) is 5.91 Å². The summed E-state index contributed by atoms with van der Waals surface area (Å²) in [6.45, 7) is 5.90. The molecular weight excluding hydrogens is 486 g/mol. The summed E-state index contributed by atoms with van der Waals surface area (Å²) in [4.78, 5) is 31.3. The van der Waals surface area contributed by atoms with E-state index in [-0.39, 0.29) is 17.7 Å². The standard InChI is InChI=1S/C28H29N5O3S/c1-3-36-22-9-10-23(18(2)15-22)25-20(17-33(31-25)21-7-5-4-6-8-21)16-24-27(35)30-28(37-24)32-13-11-19(12-14-32)26(29)34/h4-10,15-17,19H,3,11-14H2,1-2H3,(H2,29,34). The largest absolute Gasteiger partial charge is 0.494 e. The fraction of sp³-hybridized carbons (Fsp3) is 0.286. The smallest absolute Gasteiger partial charge is 0.286 e. The van der Waals surface area contributed by atoms with E-state index < -0.39 is 0 Å². The maximum absolute atomic E-state index is 12.9. The predicted molar refractivity (Wildman–Crippen MR) is 146 cm³/mol. The third-order valence-corrected chi connectivity index (χ3v) is 7.64. The summed E-state index contributed by atoms with van der Waals surface area (Å²) in [6.07, 6.45) is 5.16. The molecule has 0 saturated carbocycles. The first-order valence-electron chi connectivity index (χ1n) is 12.4. The number of aryl methyl sites for hydroxylation is 1. The van der Waals surface area contributed by atoms with Gasteiger partial charge in [-0.05, 0) is 80.4 Å². The molecule has 2 amide bonds. The fourth-order valence-electron chi connectivity index (χ4n) is 4.60. The zero-order chi connectivity index (χ0) is 25.9. The van der Waals surface area contributed by atoms with E-state index in [1.165, 1.54) is 11.8 Å². The van der Waals surface area contributed by atoms with E-state index in [0.717, 1.165) is 33.8 Å². The Bertz CT molecular complexity index is 1390. The molecule has 0 unspecified atom stereocenters. The maximum atomic E-state index is 12.9. The number of hydrogen-bond donors (Lipinski definition) is 1. The highest BCUT2D eigenvalue weighted by Crippen LogP contribution is 2.35. The molecule has 5 rings (SSSR count). The van der Waals surface area contributed by atoms with Gasteiger partial charge in [-0.3, -0.25) is 9.59 Å². The van der Waals surface area contributed by atoms with Crippen molar-refractivity contribution in [3.05, 3.63) is 70.8 Å². The number of amidine groups is 1. The Balaban J connectivity index is 1.46. The number of aromatic nitrogens is 2. The highest BCUT2D eigenvalue weighted by molar-refractivity contribution is 8.18. The Morgan fingerprint density at radius 3 is 2.62 bits per heavy atom. The van der Waals surface area contributed by atoms with Crippen LogP contribution < -0.4 is 10.5 Å². The van der Waals surface area contributed by atoms with Crippen molar-refractivity contribution in [2.75, 3.05) is 19.7 Å². The van der Waals surface area contributed by atoms with Crippen molar-refractivity contribution in [3.63, 3.8) is 0 Å². The van der Waals surface area contributed by atoms with E-state index in [4.69, 9.17) is 15.6 Å². The number of carbonyl (C=O) groups excluding carboxylic acids is 2. The van der Waals surface area contributed by atoms with Gasteiger partial charge in [-0.25, -0.2) is 4.68 Å². The molecule has 0 radical (unpaired) electrons. The summed E-state index contributed by atoms with van der Waals surface area (Å²) in [5, 5.41) is 5.58. The van der Waals surface area contributed by atoms with Crippen molar-refractivity contribution in [1.82, 2.24) is 14.7 Å². The Morgan fingerprint density at radius 1 is 1.19 bits per heavy atom. The predicted octanol–water partition coefficient (Wildman–Crippen LogP) is 4.41. The molecule has 1 fully saturated rings. The van der Waals surface area contributed by atoms with Crippen molar-refractivity contribution in [2.24, 2.45) is 16.6 Å². The van der Waals surface area contributed by atoms with Crippen molar-refractivity contribution in [3.8, 4) is 22.7 Å². The Kier molecular flexibility index (Phi) is 7.14. The van der Waals surface area contributed by atoms with E-state index >= 15 is 0 Å². The van der Waals surface area contributed by atoms with E-state index in [2.05, 4.69) is 9.89 Å². The first kappa shape index (κ1) is 24.8. The molecule has 0 bridgehead atoms. The topological polar surface area (TPSA) is 103 Å². The van der Waals surface area contributed by atoms with Crippen LogP contribution in [0.5, 0.6) is 5.75 Å². The van der Waals surface area contributed by atoms with Crippen LogP contribution >= 0.6 is 11.8 Å².